The van der Waals surface area contributed by atoms with Crippen LogP contribution >= 0.6 is 11.5 Å². The largest absolute Gasteiger partial charge is 0.478 e. The van der Waals surface area contributed by atoms with E-state index in [0.717, 1.165) is 11.0 Å². The SMILES string of the molecule is O=C(O)/C=C/NCc1cnns1. The molecule has 0 bridgehead atoms. The second-order valence-corrected chi connectivity index (χ2v) is 2.81. The van der Waals surface area contributed by atoms with Crippen LogP contribution in [0.4, 0.5) is 0 Å². The van der Waals surface area contributed by atoms with Crippen LogP contribution in [0.15, 0.2) is 18.5 Å². The zero-order valence-corrected chi connectivity index (χ0v) is 6.91. The maximum absolute atomic E-state index is 10.0. The molecule has 1 aromatic heterocycles. The molecular weight excluding hydrogens is 178 g/mol. The van der Waals surface area contributed by atoms with Crippen molar-refractivity contribution in [1.82, 2.24) is 14.9 Å². The van der Waals surface area contributed by atoms with Gasteiger partial charge >= 0.3 is 5.97 Å². The molecule has 0 aliphatic heterocycles. The van der Waals surface area contributed by atoms with Crippen LogP contribution in [0.1, 0.15) is 4.88 Å². The van der Waals surface area contributed by atoms with Gasteiger partial charge in [0.1, 0.15) is 0 Å². The summed E-state index contributed by atoms with van der Waals surface area (Å²) in [6.07, 6.45) is 4.04. The Hall–Kier alpha value is -1.43. The Morgan fingerprint density at radius 1 is 1.83 bits per heavy atom. The molecule has 0 fully saturated rings. The van der Waals surface area contributed by atoms with Gasteiger partial charge in [-0.1, -0.05) is 4.49 Å². The van der Waals surface area contributed by atoms with E-state index < -0.39 is 5.97 Å². The Morgan fingerprint density at radius 3 is 3.25 bits per heavy atom. The summed E-state index contributed by atoms with van der Waals surface area (Å²) in [7, 11) is 0. The van der Waals surface area contributed by atoms with Crippen LogP contribution in [0.2, 0.25) is 0 Å². The first-order chi connectivity index (χ1) is 5.79. The summed E-state index contributed by atoms with van der Waals surface area (Å²) in [4.78, 5) is 11.0. The normalized spacial score (nSPS) is 10.3. The molecule has 6 heteroatoms. The van der Waals surface area contributed by atoms with Crippen LogP contribution in [0.5, 0.6) is 0 Å². The highest BCUT2D eigenvalue weighted by molar-refractivity contribution is 7.05. The monoisotopic (exact) mass is 185 g/mol. The van der Waals surface area contributed by atoms with Crippen molar-refractivity contribution in [2.75, 3.05) is 0 Å². The molecule has 0 saturated heterocycles. The summed E-state index contributed by atoms with van der Waals surface area (Å²) in [5, 5.41) is 14.6. The van der Waals surface area contributed by atoms with Gasteiger partial charge in [0.25, 0.3) is 0 Å². The third-order valence-corrected chi connectivity index (χ3v) is 1.69. The van der Waals surface area contributed by atoms with Crippen LogP contribution in [-0.4, -0.2) is 20.7 Å². The van der Waals surface area contributed by atoms with Gasteiger partial charge in [-0.15, -0.1) is 5.10 Å². The van der Waals surface area contributed by atoms with Crippen molar-refractivity contribution in [3.8, 4) is 0 Å². The fourth-order valence-electron chi connectivity index (χ4n) is 0.555. The van der Waals surface area contributed by atoms with Crippen molar-refractivity contribution in [2.45, 2.75) is 6.54 Å². The summed E-state index contributed by atoms with van der Waals surface area (Å²) in [6, 6.07) is 0. The molecule has 1 rings (SSSR count). The van der Waals surface area contributed by atoms with E-state index in [2.05, 4.69) is 14.9 Å². The number of aromatic nitrogens is 2. The van der Waals surface area contributed by atoms with Gasteiger partial charge in [-0.05, 0) is 11.5 Å². The average molecular weight is 185 g/mol. The highest BCUT2D eigenvalue weighted by Gasteiger charge is 1.91. The van der Waals surface area contributed by atoms with Crippen molar-refractivity contribution in [2.24, 2.45) is 0 Å². The smallest absolute Gasteiger partial charge is 0.329 e. The molecule has 5 nitrogen and oxygen atoms in total. The number of carboxylic acids is 1. The summed E-state index contributed by atoms with van der Waals surface area (Å²) in [6.45, 7) is 0.557. The Balaban J connectivity index is 2.23. The molecule has 0 radical (unpaired) electrons. The minimum atomic E-state index is -0.968. The lowest BCUT2D eigenvalue weighted by Crippen LogP contribution is -2.03. The summed E-state index contributed by atoms with van der Waals surface area (Å²) >= 11 is 1.28. The average Bonchev–Trinajstić information content (AvgIpc) is 2.49. The number of nitrogens with one attached hydrogen (secondary N) is 1. The van der Waals surface area contributed by atoms with Crippen LogP contribution in [0, 0.1) is 0 Å². The van der Waals surface area contributed by atoms with Crippen molar-refractivity contribution in [3.05, 3.63) is 23.3 Å². The first-order valence-electron chi connectivity index (χ1n) is 3.18. The number of nitrogens with zero attached hydrogens (tertiary/aromatic N) is 2. The van der Waals surface area contributed by atoms with E-state index >= 15 is 0 Å². The number of hydrogen-bond donors (Lipinski definition) is 2. The molecule has 0 aliphatic carbocycles. The molecule has 0 amide bonds. The Kier molecular flexibility index (Phi) is 3.21. The molecule has 0 unspecified atom stereocenters. The molecule has 0 aromatic carbocycles. The van der Waals surface area contributed by atoms with E-state index in [4.69, 9.17) is 5.11 Å². The highest BCUT2D eigenvalue weighted by Crippen LogP contribution is 1.99. The molecule has 0 saturated carbocycles. The van der Waals surface area contributed by atoms with E-state index in [-0.39, 0.29) is 0 Å². The van der Waals surface area contributed by atoms with Crippen LogP contribution in [-0.2, 0) is 11.3 Å². The van der Waals surface area contributed by atoms with Crippen molar-refractivity contribution < 1.29 is 9.90 Å². The minimum absolute atomic E-state index is 0.557. The van der Waals surface area contributed by atoms with Gasteiger partial charge < -0.3 is 10.4 Å². The fourth-order valence-corrected chi connectivity index (χ4v) is 0.997. The highest BCUT2D eigenvalue weighted by atomic mass is 32.1. The van der Waals surface area contributed by atoms with Gasteiger partial charge in [0, 0.05) is 12.3 Å². The van der Waals surface area contributed by atoms with Gasteiger partial charge in [-0.25, -0.2) is 4.79 Å². The fraction of sp³-hybridized carbons (Fsp3) is 0.167. The molecule has 64 valence electrons. The molecule has 0 spiro atoms. The van der Waals surface area contributed by atoms with Crippen molar-refractivity contribution >= 4 is 17.5 Å². The predicted molar refractivity (Wildman–Crippen MR) is 43.5 cm³/mol. The standard InChI is InChI=1S/C6H7N3O2S/c10-6(11)1-2-7-3-5-4-8-9-12-5/h1-2,4,7H,3H2,(H,10,11)/b2-1+. The molecule has 12 heavy (non-hydrogen) atoms. The summed E-state index contributed by atoms with van der Waals surface area (Å²) in [5.41, 5.74) is 0. The van der Waals surface area contributed by atoms with Crippen LogP contribution < -0.4 is 5.32 Å². The van der Waals surface area contributed by atoms with Crippen molar-refractivity contribution in [3.63, 3.8) is 0 Å². The van der Waals surface area contributed by atoms with Gasteiger partial charge in [-0.2, -0.15) is 0 Å². The lowest BCUT2D eigenvalue weighted by atomic mass is 10.5. The van der Waals surface area contributed by atoms with Crippen molar-refractivity contribution in [1.29, 1.82) is 0 Å². The topological polar surface area (TPSA) is 75.1 Å². The second-order valence-electron chi connectivity index (χ2n) is 1.94. The molecule has 0 aliphatic rings. The van der Waals surface area contributed by atoms with Gasteiger partial charge in [-0.3, -0.25) is 0 Å². The number of rotatable bonds is 4. The van der Waals surface area contributed by atoms with E-state index in [9.17, 15) is 4.79 Å². The lowest BCUT2D eigenvalue weighted by Gasteiger charge is -1.92. The van der Waals surface area contributed by atoms with E-state index in [1.165, 1.54) is 17.7 Å². The summed E-state index contributed by atoms with van der Waals surface area (Å²) < 4.78 is 3.65. The second kappa shape index (κ2) is 4.45. The van der Waals surface area contributed by atoms with Crippen LogP contribution in [0.3, 0.4) is 0 Å². The first-order valence-corrected chi connectivity index (χ1v) is 3.95. The predicted octanol–water partition coefficient (Wildman–Crippen LogP) is 0.226. The maximum atomic E-state index is 10.0. The third kappa shape index (κ3) is 3.11. The zero-order valence-electron chi connectivity index (χ0n) is 6.10. The van der Waals surface area contributed by atoms with E-state index in [0.29, 0.717) is 6.54 Å². The van der Waals surface area contributed by atoms with Gasteiger partial charge in [0.05, 0.1) is 17.6 Å². The van der Waals surface area contributed by atoms with E-state index in [1.54, 1.807) is 6.20 Å². The van der Waals surface area contributed by atoms with Gasteiger partial charge in [0.15, 0.2) is 0 Å². The van der Waals surface area contributed by atoms with Crippen LogP contribution in [0.25, 0.3) is 0 Å². The first kappa shape index (κ1) is 8.66. The molecule has 2 N–H and O–H groups in total. The molecular formula is C6H7N3O2S. The molecule has 1 heterocycles. The lowest BCUT2D eigenvalue weighted by molar-refractivity contribution is -0.131. The quantitative estimate of drug-likeness (QED) is 0.656. The number of aliphatic carboxylic acids is 1. The third-order valence-electron chi connectivity index (χ3n) is 1.03. The number of carbonyl (C=O) groups is 1. The van der Waals surface area contributed by atoms with Gasteiger partial charge in [0.2, 0.25) is 0 Å². The van der Waals surface area contributed by atoms with E-state index in [1.807, 2.05) is 0 Å². The minimum Gasteiger partial charge on any atom is -0.478 e. The number of carboxylic acid groups (broad SMARTS) is 1. The Labute approximate surface area is 72.9 Å². The Morgan fingerprint density at radius 2 is 2.67 bits per heavy atom. The maximum Gasteiger partial charge on any atom is 0.329 e. The molecule has 1 aromatic rings. The Bertz CT molecular complexity index is 270. The molecule has 0 atom stereocenters. The summed E-state index contributed by atoms with van der Waals surface area (Å²) in [5.74, 6) is -0.968. The number of hydrogen-bond acceptors (Lipinski definition) is 5. The zero-order chi connectivity index (χ0) is 8.81.